The number of pyridine rings is 2. The molecular formula is C21H15ClF5N3O3. The van der Waals surface area contributed by atoms with Gasteiger partial charge < -0.3 is 14.8 Å². The van der Waals surface area contributed by atoms with Gasteiger partial charge in [-0.15, -0.1) is 8.78 Å². The predicted molar refractivity (Wildman–Crippen MR) is 109 cm³/mol. The molecule has 0 bridgehead atoms. The van der Waals surface area contributed by atoms with E-state index < -0.39 is 24.1 Å². The third-order valence-corrected chi connectivity index (χ3v) is 4.44. The molecule has 174 valence electrons. The molecule has 0 aliphatic carbocycles. The van der Waals surface area contributed by atoms with Gasteiger partial charge in [-0.3, -0.25) is 9.78 Å². The van der Waals surface area contributed by atoms with Crippen LogP contribution in [0.15, 0.2) is 48.8 Å². The highest BCUT2D eigenvalue weighted by molar-refractivity contribution is 6.33. The van der Waals surface area contributed by atoms with Crippen molar-refractivity contribution in [3.63, 3.8) is 0 Å². The Kier molecular flexibility index (Phi) is 6.73. The van der Waals surface area contributed by atoms with Crippen LogP contribution in [0.25, 0.3) is 11.1 Å². The largest absolute Gasteiger partial charge is 0.586 e. The van der Waals surface area contributed by atoms with E-state index in [0.717, 1.165) is 12.3 Å². The zero-order valence-electron chi connectivity index (χ0n) is 17.0. The maximum absolute atomic E-state index is 13.2. The Balaban J connectivity index is 0.00000149. The average Bonchev–Trinajstić information content (AvgIpc) is 3.07. The van der Waals surface area contributed by atoms with Crippen molar-refractivity contribution in [2.24, 2.45) is 0 Å². The number of nitrogens with one attached hydrogen (secondary N) is 1. The van der Waals surface area contributed by atoms with Crippen LogP contribution < -0.4 is 14.8 Å². The molecule has 0 saturated carbocycles. The molecule has 0 saturated heterocycles. The molecule has 3 heterocycles. The number of hydrogen-bond acceptors (Lipinski definition) is 5. The first-order chi connectivity index (χ1) is 15.5. The van der Waals surface area contributed by atoms with Crippen molar-refractivity contribution in [2.75, 3.05) is 5.32 Å². The maximum atomic E-state index is 13.2. The summed E-state index contributed by atoms with van der Waals surface area (Å²) in [5.41, 5.74) is -0.455. The third kappa shape index (κ3) is 5.48. The zero-order valence-corrected chi connectivity index (χ0v) is 17.8. The minimum absolute atomic E-state index is 0.0945. The molecule has 1 aromatic carbocycles. The molecule has 1 aliphatic heterocycles. The molecule has 3 aromatic rings. The molecule has 0 atom stereocenters. The number of aromatic nitrogens is 2. The molecule has 0 radical (unpaired) electrons. The quantitative estimate of drug-likeness (QED) is 0.432. The number of carbonyl (C=O) groups is 1. The number of amides is 1. The van der Waals surface area contributed by atoms with Gasteiger partial charge in [-0.25, -0.2) is 4.98 Å². The summed E-state index contributed by atoms with van der Waals surface area (Å²) in [5.74, 6) is -1.03. The Bertz CT molecular complexity index is 1150. The van der Waals surface area contributed by atoms with E-state index in [1.165, 1.54) is 30.5 Å². The van der Waals surface area contributed by atoms with Crippen molar-refractivity contribution in [2.45, 2.75) is 26.3 Å². The molecule has 12 heteroatoms. The fourth-order valence-electron chi connectivity index (χ4n) is 2.70. The van der Waals surface area contributed by atoms with Crippen molar-refractivity contribution < 1.29 is 36.2 Å². The number of hydrogen-bond donors (Lipinski definition) is 1. The topological polar surface area (TPSA) is 73.3 Å². The van der Waals surface area contributed by atoms with Gasteiger partial charge in [0, 0.05) is 29.6 Å². The standard InChI is InChI=1S/C19H9ClF5N3O3.C2H6/c20-12-6-14-13(30-19(24,25)31-14)5-11(12)9-2-4-16(27-7-9)28-17(29)10-1-3-15(26-8-10)18(21,22)23;1-2/h1-8H,(H,27,28,29);1-2H3. The maximum Gasteiger partial charge on any atom is 0.586 e. The normalized spacial score (nSPS) is 13.7. The SMILES string of the molecule is CC.O=C(Nc1ccc(-c2cc3c(cc2Cl)OC(F)(F)O3)cn1)c1ccc(C(F)(F)F)nc1. The molecule has 4 rings (SSSR count). The number of benzene rings is 1. The van der Waals surface area contributed by atoms with E-state index in [1.807, 2.05) is 13.8 Å². The summed E-state index contributed by atoms with van der Waals surface area (Å²) >= 11 is 6.12. The van der Waals surface area contributed by atoms with Gasteiger partial charge in [0.2, 0.25) is 0 Å². The molecule has 0 unspecified atom stereocenters. The molecule has 33 heavy (non-hydrogen) atoms. The van der Waals surface area contributed by atoms with E-state index in [4.69, 9.17) is 11.6 Å². The van der Waals surface area contributed by atoms with Gasteiger partial charge in [0.15, 0.2) is 11.5 Å². The van der Waals surface area contributed by atoms with Gasteiger partial charge in [0.25, 0.3) is 5.91 Å². The number of nitrogens with zero attached hydrogens (tertiary/aromatic N) is 2. The number of fused-ring (bicyclic) bond motifs is 1. The lowest BCUT2D eigenvalue weighted by Gasteiger charge is -2.09. The molecule has 1 N–H and O–H groups in total. The Morgan fingerprint density at radius 1 is 1.00 bits per heavy atom. The minimum atomic E-state index is -4.61. The number of rotatable bonds is 3. The second kappa shape index (κ2) is 9.18. The van der Waals surface area contributed by atoms with Crippen molar-refractivity contribution in [3.8, 4) is 22.6 Å². The number of carbonyl (C=O) groups excluding carboxylic acids is 1. The van der Waals surface area contributed by atoms with E-state index in [2.05, 4.69) is 24.8 Å². The van der Waals surface area contributed by atoms with Crippen LogP contribution in [0.5, 0.6) is 11.5 Å². The van der Waals surface area contributed by atoms with Gasteiger partial charge in [0.1, 0.15) is 11.5 Å². The van der Waals surface area contributed by atoms with Gasteiger partial charge >= 0.3 is 12.5 Å². The highest BCUT2D eigenvalue weighted by atomic mass is 35.5. The summed E-state index contributed by atoms with van der Waals surface area (Å²) in [5, 5.41) is 2.52. The second-order valence-electron chi connectivity index (χ2n) is 6.26. The molecule has 0 spiro atoms. The first-order valence-corrected chi connectivity index (χ1v) is 9.80. The van der Waals surface area contributed by atoms with E-state index in [9.17, 15) is 26.7 Å². The minimum Gasteiger partial charge on any atom is -0.395 e. The van der Waals surface area contributed by atoms with Crippen molar-refractivity contribution in [1.82, 2.24) is 9.97 Å². The summed E-state index contributed by atoms with van der Waals surface area (Å²) in [6.07, 6.45) is -6.28. The van der Waals surface area contributed by atoms with Crippen molar-refractivity contribution in [3.05, 3.63) is 65.1 Å². The lowest BCUT2D eigenvalue weighted by molar-refractivity contribution is -0.286. The number of anilines is 1. The molecular weight excluding hydrogens is 473 g/mol. The van der Waals surface area contributed by atoms with Crippen LogP contribution >= 0.6 is 11.6 Å². The van der Waals surface area contributed by atoms with Gasteiger partial charge in [-0.2, -0.15) is 13.2 Å². The van der Waals surface area contributed by atoms with Crippen LogP contribution in [-0.4, -0.2) is 22.2 Å². The monoisotopic (exact) mass is 487 g/mol. The molecule has 0 fully saturated rings. The average molecular weight is 488 g/mol. The first kappa shape index (κ1) is 24.2. The van der Waals surface area contributed by atoms with Crippen molar-refractivity contribution >= 4 is 23.3 Å². The first-order valence-electron chi connectivity index (χ1n) is 9.42. The van der Waals surface area contributed by atoms with Crippen LogP contribution in [0.3, 0.4) is 0 Å². The molecule has 1 amide bonds. The van der Waals surface area contributed by atoms with Gasteiger partial charge in [0.05, 0.1) is 10.6 Å². The third-order valence-electron chi connectivity index (χ3n) is 4.12. The highest BCUT2D eigenvalue weighted by Gasteiger charge is 2.43. The Labute approximate surface area is 189 Å². The lowest BCUT2D eigenvalue weighted by Crippen LogP contribution is -2.25. The van der Waals surface area contributed by atoms with Crippen LogP contribution in [0.4, 0.5) is 27.8 Å². The fraction of sp³-hybridized carbons (Fsp3) is 0.190. The van der Waals surface area contributed by atoms with E-state index in [-0.39, 0.29) is 27.9 Å². The van der Waals surface area contributed by atoms with Gasteiger partial charge in [-0.1, -0.05) is 25.4 Å². The molecule has 2 aromatic heterocycles. The summed E-state index contributed by atoms with van der Waals surface area (Å²) in [4.78, 5) is 19.4. The number of alkyl halides is 5. The molecule has 1 aliphatic rings. The second-order valence-corrected chi connectivity index (χ2v) is 6.67. The Morgan fingerprint density at radius 2 is 1.67 bits per heavy atom. The summed E-state index contributed by atoms with van der Waals surface area (Å²) in [6.45, 7) is 4.00. The molecule has 6 nitrogen and oxygen atoms in total. The Morgan fingerprint density at radius 3 is 2.21 bits per heavy atom. The van der Waals surface area contributed by atoms with Crippen LogP contribution in [0, 0.1) is 0 Å². The number of halogens is 6. The van der Waals surface area contributed by atoms with E-state index in [1.54, 1.807) is 0 Å². The fourth-order valence-corrected chi connectivity index (χ4v) is 2.97. The summed E-state index contributed by atoms with van der Waals surface area (Å²) in [7, 11) is 0. The zero-order chi connectivity index (χ0) is 24.4. The van der Waals surface area contributed by atoms with E-state index in [0.29, 0.717) is 17.2 Å². The van der Waals surface area contributed by atoms with Crippen molar-refractivity contribution in [1.29, 1.82) is 0 Å². The number of ether oxygens (including phenoxy) is 2. The van der Waals surface area contributed by atoms with Gasteiger partial charge in [-0.05, 0) is 30.3 Å². The van der Waals surface area contributed by atoms with Crippen LogP contribution in [0.2, 0.25) is 5.02 Å². The smallest absolute Gasteiger partial charge is 0.395 e. The van der Waals surface area contributed by atoms with E-state index >= 15 is 0 Å². The van der Waals surface area contributed by atoms with Crippen LogP contribution in [0.1, 0.15) is 29.9 Å². The summed E-state index contributed by atoms with van der Waals surface area (Å²) < 4.78 is 72.8. The Hall–Kier alpha value is -3.47. The highest BCUT2D eigenvalue weighted by Crippen LogP contribution is 2.46. The summed E-state index contributed by atoms with van der Waals surface area (Å²) in [6, 6.07) is 7.04. The lowest BCUT2D eigenvalue weighted by atomic mass is 10.1. The predicted octanol–water partition coefficient (Wildman–Crippen LogP) is 6.42. The van der Waals surface area contributed by atoms with Crippen LogP contribution in [-0.2, 0) is 6.18 Å².